The summed E-state index contributed by atoms with van der Waals surface area (Å²) in [4.78, 5) is 4.33. The second-order valence-electron chi connectivity index (χ2n) is 4.28. The molecule has 1 aromatic heterocycles. The number of anilines is 2. The Morgan fingerprint density at radius 2 is 1.68 bits per heavy atom. The van der Waals surface area contributed by atoms with E-state index in [1.165, 1.54) is 24.3 Å². The van der Waals surface area contributed by atoms with Gasteiger partial charge in [-0.2, -0.15) is 0 Å². The zero-order valence-electron chi connectivity index (χ0n) is 11.5. The first-order valence-electron chi connectivity index (χ1n) is 6.30. The van der Waals surface area contributed by atoms with E-state index in [1.54, 1.807) is 18.2 Å². The third-order valence-electron chi connectivity index (χ3n) is 2.73. The molecule has 0 saturated carbocycles. The number of nitrogens with one attached hydrogen (secondary N) is 1. The molecule has 0 aliphatic heterocycles. The summed E-state index contributed by atoms with van der Waals surface area (Å²) in [7, 11) is 0. The summed E-state index contributed by atoms with van der Waals surface area (Å²) in [5, 5.41) is 2.99. The minimum absolute atomic E-state index is 0.278. The average Bonchev–Trinajstić information content (AvgIpc) is 2.47. The third-order valence-corrected chi connectivity index (χ3v) is 2.73. The maximum absolute atomic E-state index is 12.1. The molecule has 0 aliphatic carbocycles. The molecule has 0 atom stereocenters. The number of hydrogen-bond acceptors (Lipinski definition) is 3. The van der Waals surface area contributed by atoms with Gasteiger partial charge in [0.25, 0.3) is 0 Å². The van der Waals surface area contributed by atoms with Crippen molar-refractivity contribution >= 4 is 23.7 Å². The molecule has 2 rings (SSSR count). The fourth-order valence-electron chi connectivity index (χ4n) is 1.78. The number of rotatable bonds is 5. The molecule has 0 amide bonds. The molecule has 22 heavy (non-hydrogen) atoms. The van der Waals surface area contributed by atoms with Crippen molar-refractivity contribution in [2.75, 3.05) is 5.32 Å². The van der Waals surface area contributed by atoms with E-state index in [0.29, 0.717) is 17.2 Å². The Morgan fingerprint density at radius 3 is 2.23 bits per heavy atom. The standard InChI is InChI=1S/C16H13F3N2O/c1-3-11-5-10-15(21-14(11)4-2)20-12-6-8-13(9-7-12)22-16(17,18)19/h3-10H,1-2H2,(H,20,21). The van der Waals surface area contributed by atoms with E-state index in [0.717, 1.165) is 5.56 Å². The van der Waals surface area contributed by atoms with Gasteiger partial charge in [0, 0.05) is 5.69 Å². The number of pyridine rings is 1. The van der Waals surface area contributed by atoms with Crippen molar-refractivity contribution in [3.05, 3.63) is 60.8 Å². The normalized spacial score (nSPS) is 10.9. The average molecular weight is 306 g/mol. The Balaban J connectivity index is 2.14. The van der Waals surface area contributed by atoms with Crippen LogP contribution in [0.4, 0.5) is 24.7 Å². The highest BCUT2D eigenvalue weighted by molar-refractivity contribution is 5.65. The predicted molar refractivity (Wildman–Crippen MR) is 80.8 cm³/mol. The molecule has 0 aliphatic rings. The van der Waals surface area contributed by atoms with Crippen LogP contribution < -0.4 is 10.1 Å². The number of aromatic nitrogens is 1. The van der Waals surface area contributed by atoms with Crippen molar-refractivity contribution in [3.63, 3.8) is 0 Å². The first-order valence-corrected chi connectivity index (χ1v) is 6.30. The molecule has 0 bridgehead atoms. The molecule has 1 N–H and O–H groups in total. The minimum Gasteiger partial charge on any atom is -0.406 e. The van der Waals surface area contributed by atoms with Crippen LogP contribution in [-0.4, -0.2) is 11.3 Å². The molecule has 0 radical (unpaired) electrons. The Labute approximate surface area is 125 Å². The molecule has 1 heterocycles. The molecule has 0 spiro atoms. The van der Waals surface area contributed by atoms with Gasteiger partial charge in [-0.1, -0.05) is 19.2 Å². The number of nitrogens with zero attached hydrogens (tertiary/aromatic N) is 1. The van der Waals surface area contributed by atoms with Crippen molar-refractivity contribution in [1.29, 1.82) is 0 Å². The van der Waals surface area contributed by atoms with Crippen LogP contribution in [0.15, 0.2) is 49.6 Å². The van der Waals surface area contributed by atoms with Crippen LogP contribution in [0.5, 0.6) is 5.75 Å². The van der Waals surface area contributed by atoms with Gasteiger partial charge < -0.3 is 10.1 Å². The maximum atomic E-state index is 12.1. The van der Waals surface area contributed by atoms with E-state index in [1.807, 2.05) is 6.07 Å². The van der Waals surface area contributed by atoms with Crippen LogP contribution in [0.25, 0.3) is 12.2 Å². The molecule has 114 valence electrons. The van der Waals surface area contributed by atoms with Crippen molar-refractivity contribution in [1.82, 2.24) is 4.98 Å². The zero-order chi connectivity index (χ0) is 16.2. The van der Waals surface area contributed by atoms with Crippen LogP contribution in [0.1, 0.15) is 11.3 Å². The fraction of sp³-hybridized carbons (Fsp3) is 0.0625. The van der Waals surface area contributed by atoms with E-state index >= 15 is 0 Å². The van der Waals surface area contributed by atoms with E-state index in [4.69, 9.17) is 0 Å². The molecule has 3 nitrogen and oxygen atoms in total. The zero-order valence-corrected chi connectivity index (χ0v) is 11.5. The quantitative estimate of drug-likeness (QED) is 0.843. The highest BCUT2D eigenvalue weighted by Crippen LogP contribution is 2.25. The lowest BCUT2D eigenvalue weighted by Gasteiger charge is -2.11. The van der Waals surface area contributed by atoms with Crippen molar-refractivity contribution in [2.45, 2.75) is 6.36 Å². The number of benzene rings is 1. The number of alkyl halides is 3. The summed E-state index contributed by atoms with van der Waals surface area (Å²) in [5.41, 5.74) is 2.09. The number of halogens is 3. The predicted octanol–water partition coefficient (Wildman–Crippen LogP) is 5.01. The van der Waals surface area contributed by atoms with Crippen LogP contribution in [0, 0.1) is 0 Å². The van der Waals surface area contributed by atoms with Crippen LogP contribution in [-0.2, 0) is 0 Å². The molecule has 2 aromatic rings. The van der Waals surface area contributed by atoms with Gasteiger partial charge in [-0.25, -0.2) is 4.98 Å². The molecule has 0 fully saturated rings. The first-order chi connectivity index (χ1) is 10.4. The summed E-state index contributed by atoms with van der Waals surface area (Å²) in [6, 6.07) is 8.95. The van der Waals surface area contributed by atoms with Crippen LogP contribution >= 0.6 is 0 Å². The van der Waals surface area contributed by atoms with Gasteiger partial charge in [0.05, 0.1) is 5.69 Å². The monoisotopic (exact) mass is 306 g/mol. The fourth-order valence-corrected chi connectivity index (χ4v) is 1.78. The van der Waals surface area contributed by atoms with E-state index in [-0.39, 0.29) is 5.75 Å². The van der Waals surface area contributed by atoms with Gasteiger partial charge in [0.1, 0.15) is 11.6 Å². The van der Waals surface area contributed by atoms with E-state index in [9.17, 15) is 13.2 Å². The summed E-state index contributed by atoms with van der Waals surface area (Å²) in [5.74, 6) is 0.268. The van der Waals surface area contributed by atoms with Crippen LogP contribution in [0.2, 0.25) is 0 Å². The van der Waals surface area contributed by atoms with E-state index < -0.39 is 6.36 Å². The molecule has 0 saturated heterocycles. The number of ether oxygens (including phenoxy) is 1. The molecular weight excluding hydrogens is 293 g/mol. The second-order valence-corrected chi connectivity index (χ2v) is 4.28. The highest BCUT2D eigenvalue weighted by atomic mass is 19.4. The maximum Gasteiger partial charge on any atom is 0.573 e. The Kier molecular flexibility index (Phi) is 4.50. The molecule has 0 unspecified atom stereocenters. The lowest BCUT2D eigenvalue weighted by molar-refractivity contribution is -0.274. The van der Waals surface area contributed by atoms with Gasteiger partial charge in [0.15, 0.2) is 0 Å². The Morgan fingerprint density at radius 1 is 1.00 bits per heavy atom. The lowest BCUT2D eigenvalue weighted by atomic mass is 10.2. The number of hydrogen-bond donors (Lipinski definition) is 1. The molecular formula is C16H13F3N2O. The Bertz CT molecular complexity index is 679. The second kappa shape index (κ2) is 6.34. The van der Waals surface area contributed by atoms with Gasteiger partial charge in [-0.05, 0) is 48.0 Å². The minimum atomic E-state index is -4.70. The molecule has 6 heteroatoms. The van der Waals surface area contributed by atoms with Gasteiger partial charge in [0.2, 0.25) is 0 Å². The smallest absolute Gasteiger partial charge is 0.406 e. The summed E-state index contributed by atoms with van der Waals surface area (Å²) in [6.07, 6.45) is -1.44. The summed E-state index contributed by atoms with van der Waals surface area (Å²) in [6.45, 7) is 7.35. The summed E-state index contributed by atoms with van der Waals surface area (Å²) >= 11 is 0. The van der Waals surface area contributed by atoms with Crippen molar-refractivity contribution < 1.29 is 17.9 Å². The highest BCUT2D eigenvalue weighted by Gasteiger charge is 2.30. The van der Waals surface area contributed by atoms with Crippen LogP contribution in [0.3, 0.4) is 0 Å². The van der Waals surface area contributed by atoms with Gasteiger partial charge in [-0.15, -0.1) is 13.2 Å². The summed E-state index contributed by atoms with van der Waals surface area (Å²) < 4.78 is 40.0. The van der Waals surface area contributed by atoms with Gasteiger partial charge in [-0.3, -0.25) is 0 Å². The van der Waals surface area contributed by atoms with Crippen molar-refractivity contribution in [2.24, 2.45) is 0 Å². The largest absolute Gasteiger partial charge is 0.573 e. The van der Waals surface area contributed by atoms with Crippen molar-refractivity contribution in [3.8, 4) is 5.75 Å². The van der Waals surface area contributed by atoms with Gasteiger partial charge >= 0.3 is 6.36 Å². The first kappa shape index (κ1) is 15.6. The Hall–Kier alpha value is -2.76. The SMILES string of the molecule is C=Cc1ccc(Nc2ccc(OC(F)(F)F)cc2)nc1C=C. The van der Waals surface area contributed by atoms with E-state index in [2.05, 4.69) is 28.2 Å². The third kappa shape index (κ3) is 4.12. The molecule has 1 aromatic carbocycles. The topological polar surface area (TPSA) is 34.1 Å². The lowest BCUT2D eigenvalue weighted by Crippen LogP contribution is -2.16.